The molecular weight excluding hydrogens is 250 g/mol. The Kier molecular flexibility index (Phi) is 4.43. The van der Waals surface area contributed by atoms with E-state index in [0.717, 1.165) is 6.54 Å². The second-order valence-electron chi connectivity index (χ2n) is 5.30. The molecule has 0 aliphatic rings. The molecule has 2 heteroatoms. The van der Waals surface area contributed by atoms with Crippen molar-refractivity contribution in [2.75, 3.05) is 6.54 Å². The van der Waals surface area contributed by atoms with Gasteiger partial charge in [-0.1, -0.05) is 36.2 Å². The third kappa shape index (κ3) is 3.26. The van der Waals surface area contributed by atoms with E-state index >= 15 is 0 Å². The van der Waals surface area contributed by atoms with Crippen molar-refractivity contribution in [3.8, 4) is 0 Å². The largest absolute Gasteiger partial charge is 0.306 e. The first-order chi connectivity index (χ1) is 9.01. The van der Waals surface area contributed by atoms with Crippen LogP contribution in [-0.4, -0.2) is 6.54 Å². The van der Waals surface area contributed by atoms with Crippen molar-refractivity contribution in [3.05, 3.63) is 56.3 Å². The summed E-state index contributed by atoms with van der Waals surface area (Å²) in [4.78, 5) is 2.84. The maximum atomic E-state index is 3.62. The first-order valence-corrected chi connectivity index (χ1v) is 7.71. The first kappa shape index (κ1) is 14.3. The average Bonchev–Trinajstić information content (AvgIpc) is 2.65. The van der Waals surface area contributed by atoms with Crippen LogP contribution in [0, 0.1) is 27.7 Å². The molecule has 0 amide bonds. The molecule has 1 unspecified atom stereocenters. The minimum Gasteiger partial charge on any atom is -0.306 e. The monoisotopic (exact) mass is 273 g/mol. The fourth-order valence-electron chi connectivity index (χ4n) is 2.51. The van der Waals surface area contributed by atoms with Gasteiger partial charge in [0.25, 0.3) is 0 Å². The van der Waals surface area contributed by atoms with E-state index in [2.05, 4.69) is 64.2 Å². The fraction of sp³-hybridized carbons (Fsp3) is 0.412. The molecule has 0 aliphatic carbocycles. The van der Waals surface area contributed by atoms with Crippen molar-refractivity contribution >= 4 is 11.3 Å². The van der Waals surface area contributed by atoms with E-state index in [0.29, 0.717) is 6.04 Å². The van der Waals surface area contributed by atoms with E-state index in [9.17, 15) is 0 Å². The lowest BCUT2D eigenvalue weighted by atomic mass is 10.00. The minimum atomic E-state index is 0.320. The van der Waals surface area contributed by atoms with Crippen molar-refractivity contribution in [1.82, 2.24) is 5.32 Å². The van der Waals surface area contributed by atoms with Crippen LogP contribution in [0.3, 0.4) is 0 Å². The van der Waals surface area contributed by atoms with Gasteiger partial charge in [-0.3, -0.25) is 0 Å². The highest BCUT2D eigenvalue weighted by atomic mass is 32.1. The average molecular weight is 273 g/mol. The zero-order valence-electron chi connectivity index (χ0n) is 12.5. The van der Waals surface area contributed by atoms with E-state index in [1.807, 2.05) is 11.3 Å². The molecule has 102 valence electrons. The van der Waals surface area contributed by atoms with Gasteiger partial charge in [0.15, 0.2) is 0 Å². The molecule has 1 nitrogen and oxygen atoms in total. The van der Waals surface area contributed by atoms with Gasteiger partial charge in [0.05, 0.1) is 6.04 Å². The van der Waals surface area contributed by atoms with Crippen molar-refractivity contribution in [3.63, 3.8) is 0 Å². The summed E-state index contributed by atoms with van der Waals surface area (Å²) in [5, 5.41) is 3.62. The molecular formula is C17H23NS. The van der Waals surface area contributed by atoms with E-state index in [-0.39, 0.29) is 0 Å². The maximum absolute atomic E-state index is 3.62. The van der Waals surface area contributed by atoms with Gasteiger partial charge < -0.3 is 5.32 Å². The summed E-state index contributed by atoms with van der Waals surface area (Å²) in [6.45, 7) is 11.9. The van der Waals surface area contributed by atoms with Gasteiger partial charge in [-0.25, -0.2) is 0 Å². The van der Waals surface area contributed by atoms with Gasteiger partial charge in [-0.15, -0.1) is 11.3 Å². The molecule has 1 aromatic carbocycles. The molecule has 0 saturated heterocycles. The Bertz CT molecular complexity index is 529. The molecule has 1 atom stereocenters. The number of hydrogen-bond donors (Lipinski definition) is 1. The standard InChI is InChI=1S/C17H23NS/c1-6-18-17(16-10-13(4)14(5)19-16)15-8-11(2)7-12(3)9-15/h7-10,17-18H,6H2,1-5H3. The summed E-state index contributed by atoms with van der Waals surface area (Å²) < 4.78 is 0. The molecule has 0 spiro atoms. The number of hydrogen-bond acceptors (Lipinski definition) is 2. The van der Waals surface area contributed by atoms with Crippen LogP contribution in [0.1, 0.15) is 45.0 Å². The highest BCUT2D eigenvalue weighted by Gasteiger charge is 2.16. The van der Waals surface area contributed by atoms with E-state index in [1.54, 1.807) is 0 Å². The Balaban J connectivity index is 2.44. The van der Waals surface area contributed by atoms with Gasteiger partial charge in [-0.05, 0) is 51.4 Å². The Morgan fingerprint density at radius 1 is 1.00 bits per heavy atom. The number of aryl methyl sites for hydroxylation is 4. The fourth-order valence-corrected chi connectivity index (χ4v) is 3.65. The third-order valence-electron chi connectivity index (χ3n) is 3.46. The smallest absolute Gasteiger partial charge is 0.0671 e. The Morgan fingerprint density at radius 2 is 1.63 bits per heavy atom. The van der Waals surface area contributed by atoms with Crippen LogP contribution in [0.2, 0.25) is 0 Å². The van der Waals surface area contributed by atoms with E-state index in [1.165, 1.54) is 32.0 Å². The lowest BCUT2D eigenvalue weighted by Crippen LogP contribution is -2.21. The molecule has 0 bridgehead atoms. The first-order valence-electron chi connectivity index (χ1n) is 6.89. The zero-order chi connectivity index (χ0) is 14.0. The molecule has 1 N–H and O–H groups in total. The van der Waals surface area contributed by atoms with E-state index < -0.39 is 0 Å². The number of benzene rings is 1. The topological polar surface area (TPSA) is 12.0 Å². The molecule has 1 heterocycles. The van der Waals surface area contributed by atoms with E-state index in [4.69, 9.17) is 0 Å². The molecule has 2 aromatic rings. The Morgan fingerprint density at radius 3 is 2.11 bits per heavy atom. The molecule has 19 heavy (non-hydrogen) atoms. The Labute approximate surface area is 120 Å². The number of nitrogens with one attached hydrogen (secondary N) is 1. The van der Waals surface area contributed by atoms with Gasteiger partial charge in [0, 0.05) is 9.75 Å². The van der Waals surface area contributed by atoms with Crippen LogP contribution in [-0.2, 0) is 0 Å². The highest BCUT2D eigenvalue weighted by Crippen LogP contribution is 2.31. The van der Waals surface area contributed by atoms with Gasteiger partial charge in [-0.2, -0.15) is 0 Å². The van der Waals surface area contributed by atoms with Gasteiger partial charge in [0.2, 0.25) is 0 Å². The molecule has 0 radical (unpaired) electrons. The van der Waals surface area contributed by atoms with Crippen molar-refractivity contribution in [2.24, 2.45) is 0 Å². The predicted octanol–water partition coefficient (Wildman–Crippen LogP) is 4.68. The van der Waals surface area contributed by atoms with Crippen molar-refractivity contribution in [1.29, 1.82) is 0 Å². The summed E-state index contributed by atoms with van der Waals surface area (Å²) in [6.07, 6.45) is 0. The van der Waals surface area contributed by atoms with Crippen LogP contribution < -0.4 is 5.32 Å². The quantitative estimate of drug-likeness (QED) is 0.853. The van der Waals surface area contributed by atoms with Crippen LogP contribution in [0.5, 0.6) is 0 Å². The summed E-state index contributed by atoms with van der Waals surface area (Å²) >= 11 is 1.91. The summed E-state index contributed by atoms with van der Waals surface area (Å²) in [5.41, 5.74) is 5.44. The molecule has 1 aromatic heterocycles. The zero-order valence-corrected chi connectivity index (χ0v) is 13.3. The lowest BCUT2D eigenvalue weighted by molar-refractivity contribution is 0.638. The lowest BCUT2D eigenvalue weighted by Gasteiger charge is -2.18. The predicted molar refractivity (Wildman–Crippen MR) is 85.2 cm³/mol. The second-order valence-corrected chi connectivity index (χ2v) is 6.59. The van der Waals surface area contributed by atoms with Crippen LogP contribution in [0.15, 0.2) is 24.3 Å². The van der Waals surface area contributed by atoms with Crippen LogP contribution in [0.4, 0.5) is 0 Å². The minimum absolute atomic E-state index is 0.320. The van der Waals surface area contributed by atoms with Crippen molar-refractivity contribution < 1.29 is 0 Å². The summed E-state index contributed by atoms with van der Waals surface area (Å²) in [5.74, 6) is 0. The molecule has 2 rings (SSSR count). The van der Waals surface area contributed by atoms with Gasteiger partial charge in [0.1, 0.15) is 0 Å². The van der Waals surface area contributed by atoms with Crippen LogP contribution in [0.25, 0.3) is 0 Å². The van der Waals surface area contributed by atoms with Crippen molar-refractivity contribution in [2.45, 2.75) is 40.7 Å². The third-order valence-corrected chi connectivity index (χ3v) is 4.67. The number of thiophene rings is 1. The van der Waals surface area contributed by atoms with Gasteiger partial charge >= 0.3 is 0 Å². The number of rotatable bonds is 4. The molecule has 0 aliphatic heterocycles. The van der Waals surface area contributed by atoms with Crippen LogP contribution >= 0.6 is 11.3 Å². The molecule has 0 fully saturated rings. The molecule has 0 saturated carbocycles. The normalized spacial score (nSPS) is 12.7. The SMILES string of the molecule is CCNC(c1cc(C)cc(C)c1)c1cc(C)c(C)s1. The summed E-state index contributed by atoms with van der Waals surface area (Å²) in [6, 6.07) is 9.47. The maximum Gasteiger partial charge on any atom is 0.0671 e. The Hall–Kier alpha value is -1.12. The highest BCUT2D eigenvalue weighted by molar-refractivity contribution is 7.12. The summed E-state index contributed by atoms with van der Waals surface area (Å²) in [7, 11) is 0. The second kappa shape index (κ2) is 5.89.